The van der Waals surface area contributed by atoms with Gasteiger partial charge in [0, 0.05) is 37.6 Å². The Morgan fingerprint density at radius 2 is 2.10 bits per heavy atom. The van der Waals surface area contributed by atoms with Crippen molar-refractivity contribution >= 4 is 11.6 Å². The summed E-state index contributed by atoms with van der Waals surface area (Å²) in [4.78, 5) is 18.8. The van der Waals surface area contributed by atoms with E-state index >= 15 is 0 Å². The van der Waals surface area contributed by atoms with Crippen LogP contribution in [0.15, 0.2) is 48.8 Å². The van der Waals surface area contributed by atoms with Gasteiger partial charge in [-0.3, -0.25) is 4.79 Å². The molecule has 0 bridgehead atoms. The van der Waals surface area contributed by atoms with E-state index in [0.717, 1.165) is 29.0 Å². The Labute approximate surface area is 170 Å². The van der Waals surface area contributed by atoms with Gasteiger partial charge in [-0.15, -0.1) is 0 Å². The number of carbonyl (C=O) groups excluding carboxylic acids is 1. The minimum Gasteiger partial charge on any atom is -0.350 e. The maximum absolute atomic E-state index is 13.9. The van der Waals surface area contributed by atoms with E-state index < -0.39 is 0 Å². The smallest absolute Gasteiger partial charge is 0.221 e. The second kappa shape index (κ2) is 8.74. The van der Waals surface area contributed by atoms with Gasteiger partial charge in [0.15, 0.2) is 0 Å². The number of aryl methyl sites for hydroxylation is 1. The van der Waals surface area contributed by atoms with Crippen LogP contribution in [0.3, 0.4) is 0 Å². The SMILES string of the molecule is Cc1ccn2c([C@H](CC(=O)NCC[NH+]3CCCC3)c3cccc(F)c3)cnc2c1. The molecule has 1 atom stereocenters. The highest BCUT2D eigenvalue weighted by Gasteiger charge is 2.23. The van der Waals surface area contributed by atoms with E-state index in [9.17, 15) is 9.18 Å². The fourth-order valence-corrected chi connectivity index (χ4v) is 4.24. The number of hydrogen-bond donors (Lipinski definition) is 2. The van der Waals surface area contributed by atoms with Gasteiger partial charge < -0.3 is 14.6 Å². The standard InChI is InChI=1S/C23H27FN4O/c1-17-7-11-28-21(16-26-22(28)13-17)20(18-5-4-6-19(24)14-18)15-23(29)25-8-12-27-9-2-3-10-27/h4-7,11,13-14,16,20H,2-3,8-10,12,15H2,1H3,(H,25,29)/p+1/t20-/m1/s1. The molecule has 0 spiro atoms. The normalized spacial score (nSPS) is 15.7. The lowest BCUT2D eigenvalue weighted by Gasteiger charge is -2.18. The molecule has 4 rings (SSSR count). The average Bonchev–Trinajstić information content (AvgIpc) is 3.35. The van der Waals surface area contributed by atoms with Crippen LogP contribution in [0.5, 0.6) is 0 Å². The Morgan fingerprint density at radius 3 is 2.90 bits per heavy atom. The first kappa shape index (κ1) is 19.6. The van der Waals surface area contributed by atoms with Crippen LogP contribution in [0.2, 0.25) is 0 Å². The molecule has 29 heavy (non-hydrogen) atoms. The summed E-state index contributed by atoms with van der Waals surface area (Å²) in [6.07, 6.45) is 6.58. The molecule has 1 amide bonds. The third-order valence-electron chi connectivity index (χ3n) is 5.81. The lowest BCUT2D eigenvalue weighted by atomic mass is 9.92. The maximum atomic E-state index is 13.9. The number of aromatic nitrogens is 2. The molecule has 2 N–H and O–H groups in total. The quantitative estimate of drug-likeness (QED) is 0.644. The van der Waals surface area contributed by atoms with Gasteiger partial charge in [0.25, 0.3) is 0 Å². The summed E-state index contributed by atoms with van der Waals surface area (Å²) in [6.45, 7) is 6.06. The van der Waals surface area contributed by atoms with Gasteiger partial charge in [0.1, 0.15) is 11.5 Å². The molecule has 3 aromatic rings. The molecule has 0 saturated carbocycles. The zero-order valence-corrected chi connectivity index (χ0v) is 16.8. The number of halogens is 1. The molecule has 0 aliphatic carbocycles. The summed E-state index contributed by atoms with van der Waals surface area (Å²) in [5, 5.41) is 3.06. The zero-order valence-electron chi connectivity index (χ0n) is 16.8. The molecule has 0 radical (unpaired) electrons. The lowest BCUT2D eigenvalue weighted by Crippen LogP contribution is -3.10. The summed E-state index contributed by atoms with van der Waals surface area (Å²) in [7, 11) is 0. The van der Waals surface area contributed by atoms with Crippen molar-refractivity contribution in [2.75, 3.05) is 26.2 Å². The van der Waals surface area contributed by atoms with Crippen LogP contribution >= 0.6 is 0 Å². The number of nitrogens with zero attached hydrogens (tertiary/aromatic N) is 2. The van der Waals surface area contributed by atoms with Crippen molar-refractivity contribution < 1.29 is 14.1 Å². The van der Waals surface area contributed by atoms with E-state index in [2.05, 4.69) is 10.3 Å². The first-order chi connectivity index (χ1) is 14.1. The summed E-state index contributed by atoms with van der Waals surface area (Å²) >= 11 is 0. The largest absolute Gasteiger partial charge is 0.350 e. The van der Waals surface area contributed by atoms with E-state index in [4.69, 9.17) is 0 Å². The van der Waals surface area contributed by atoms with Crippen molar-refractivity contribution in [1.29, 1.82) is 0 Å². The topological polar surface area (TPSA) is 50.8 Å². The minimum atomic E-state index is -0.296. The Morgan fingerprint density at radius 1 is 1.28 bits per heavy atom. The molecule has 3 heterocycles. The van der Waals surface area contributed by atoms with Crippen LogP contribution in [0.25, 0.3) is 5.65 Å². The van der Waals surface area contributed by atoms with E-state index in [-0.39, 0.29) is 24.1 Å². The lowest BCUT2D eigenvalue weighted by molar-refractivity contribution is -0.886. The highest BCUT2D eigenvalue weighted by Crippen LogP contribution is 2.29. The number of hydrogen-bond acceptors (Lipinski definition) is 2. The Bertz CT molecular complexity index is 993. The molecule has 1 aliphatic heterocycles. The minimum absolute atomic E-state index is 0.0140. The fourth-order valence-electron chi connectivity index (χ4n) is 4.24. The summed E-state index contributed by atoms with van der Waals surface area (Å²) in [5.41, 5.74) is 3.64. The van der Waals surface area contributed by atoms with Gasteiger partial charge >= 0.3 is 0 Å². The number of imidazole rings is 1. The monoisotopic (exact) mass is 395 g/mol. The number of likely N-dealkylation sites (tertiary alicyclic amines) is 1. The van der Waals surface area contributed by atoms with Crippen LogP contribution < -0.4 is 10.2 Å². The Balaban J connectivity index is 1.54. The zero-order chi connectivity index (χ0) is 20.2. The van der Waals surface area contributed by atoms with Gasteiger partial charge in [-0.05, 0) is 42.3 Å². The van der Waals surface area contributed by atoms with Crippen molar-refractivity contribution in [3.05, 3.63) is 71.4 Å². The second-order valence-electron chi connectivity index (χ2n) is 7.98. The number of rotatable bonds is 7. The van der Waals surface area contributed by atoms with Crippen LogP contribution in [-0.4, -0.2) is 41.5 Å². The molecular weight excluding hydrogens is 367 g/mol. The third-order valence-corrected chi connectivity index (χ3v) is 5.81. The molecule has 1 aliphatic rings. The number of nitrogens with one attached hydrogen (secondary N) is 2. The third kappa shape index (κ3) is 4.65. The van der Waals surface area contributed by atoms with Gasteiger partial charge in [0.2, 0.25) is 5.91 Å². The summed E-state index contributed by atoms with van der Waals surface area (Å²) in [5.74, 6) is -0.572. The molecule has 0 unspecified atom stereocenters. The predicted molar refractivity (Wildman–Crippen MR) is 111 cm³/mol. The van der Waals surface area contributed by atoms with Crippen molar-refractivity contribution in [2.24, 2.45) is 0 Å². The number of pyridine rings is 1. The van der Waals surface area contributed by atoms with Crippen molar-refractivity contribution in [3.8, 4) is 0 Å². The van der Waals surface area contributed by atoms with Gasteiger partial charge in [-0.1, -0.05) is 12.1 Å². The first-order valence-electron chi connectivity index (χ1n) is 10.4. The molecule has 2 aromatic heterocycles. The summed E-state index contributed by atoms with van der Waals surface area (Å²) < 4.78 is 15.9. The molecule has 6 heteroatoms. The van der Waals surface area contributed by atoms with Crippen molar-refractivity contribution in [2.45, 2.75) is 32.1 Å². The first-order valence-corrected chi connectivity index (χ1v) is 10.4. The van der Waals surface area contributed by atoms with Crippen LogP contribution in [0.1, 0.15) is 42.0 Å². The van der Waals surface area contributed by atoms with E-state index in [1.165, 1.54) is 38.1 Å². The van der Waals surface area contributed by atoms with E-state index in [1.54, 1.807) is 17.2 Å². The van der Waals surface area contributed by atoms with Crippen molar-refractivity contribution in [1.82, 2.24) is 14.7 Å². The highest BCUT2D eigenvalue weighted by atomic mass is 19.1. The van der Waals surface area contributed by atoms with Crippen LogP contribution in [0.4, 0.5) is 4.39 Å². The van der Waals surface area contributed by atoms with Crippen LogP contribution in [0, 0.1) is 12.7 Å². The van der Waals surface area contributed by atoms with E-state index in [0.29, 0.717) is 6.54 Å². The fraction of sp³-hybridized carbons (Fsp3) is 0.391. The predicted octanol–water partition coefficient (Wildman–Crippen LogP) is 2.10. The van der Waals surface area contributed by atoms with Gasteiger partial charge in [-0.25, -0.2) is 9.37 Å². The molecule has 1 aromatic carbocycles. The number of fused-ring (bicyclic) bond motifs is 1. The second-order valence-corrected chi connectivity index (χ2v) is 7.98. The molecule has 152 valence electrons. The number of quaternary nitrogens is 1. The number of carbonyl (C=O) groups is 1. The van der Waals surface area contributed by atoms with Crippen molar-refractivity contribution in [3.63, 3.8) is 0 Å². The molecule has 1 saturated heterocycles. The number of amides is 1. The Hall–Kier alpha value is -2.73. The maximum Gasteiger partial charge on any atom is 0.221 e. The molecular formula is C23H28FN4O+. The number of benzene rings is 1. The summed E-state index contributed by atoms with van der Waals surface area (Å²) in [6, 6.07) is 10.5. The van der Waals surface area contributed by atoms with Gasteiger partial charge in [-0.2, -0.15) is 0 Å². The Kier molecular flexibility index (Phi) is 5.90. The highest BCUT2D eigenvalue weighted by molar-refractivity contribution is 5.77. The molecule has 1 fully saturated rings. The molecule has 5 nitrogen and oxygen atoms in total. The van der Waals surface area contributed by atoms with Gasteiger partial charge in [0.05, 0.1) is 31.9 Å². The average molecular weight is 396 g/mol. The van der Waals surface area contributed by atoms with E-state index in [1.807, 2.05) is 35.7 Å². The van der Waals surface area contributed by atoms with Crippen LogP contribution in [-0.2, 0) is 4.79 Å².